The highest BCUT2D eigenvalue weighted by atomic mass is 31.2. The lowest BCUT2D eigenvalue weighted by molar-refractivity contribution is 0.592. The molecule has 0 atom stereocenters. The Bertz CT molecular complexity index is 1600. The molecular weight excluding hydrogens is 483 g/mol. The summed E-state index contributed by atoms with van der Waals surface area (Å²) in [6.07, 6.45) is 3.61. The first-order valence-electron chi connectivity index (χ1n) is 12.5. The van der Waals surface area contributed by atoms with Gasteiger partial charge >= 0.3 is 0 Å². The molecule has 0 spiro atoms. The molecule has 0 N–H and O–H groups in total. The normalized spacial score (nSPS) is 11.3. The van der Waals surface area contributed by atoms with Crippen molar-refractivity contribution in [2.24, 2.45) is 0 Å². The van der Waals surface area contributed by atoms with Crippen molar-refractivity contribution in [3.05, 3.63) is 152 Å². The van der Waals surface area contributed by atoms with Crippen molar-refractivity contribution in [1.82, 2.24) is 9.97 Å². The molecule has 2 heterocycles. The number of nitrogens with zero attached hydrogens (tertiary/aromatic N) is 2. The van der Waals surface area contributed by atoms with E-state index in [4.69, 9.17) is 0 Å². The predicted octanol–water partition coefficient (Wildman–Crippen LogP) is 7.12. The van der Waals surface area contributed by atoms with Crippen LogP contribution in [0.3, 0.4) is 0 Å². The van der Waals surface area contributed by atoms with E-state index in [1.54, 1.807) is 0 Å². The van der Waals surface area contributed by atoms with Crippen molar-refractivity contribution in [3.8, 4) is 33.6 Å². The summed E-state index contributed by atoms with van der Waals surface area (Å²) in [6, 6.07) is 45.9. The van der Waals surface area contributed by atoms with Gasteiger partial charge in [-0.3, -0.25) is 9.97 Å². The molecule has 182 valence electrons. The predicted molar refractivity (Wildman–Crippen MR) is 158 cm³/mol. The molecular formula is C34H25N2OP. The molecule has 0 saturated heterocycles. The zero-order chi connectivity index (χ0) is 25.8. The van der Waals surface area contributed by atoms with E-state index in [1.807, 2.05) is 122 Å². The Hall–Kier alpha value is -4.59. The van der Waals surface area contributed by atoms with Crippen LogP contribution < -0.4 is 15.9 Å². The molecule has 2 aromatic heterocycles. The van der Waals surface area contributed by atoms with E-state index in [2.05, 4.69) is 40.3 Å². The van der Waals surface area contributed by atoms with Crippen LogP contribution in [0.1, 0.15) is 0 Å². The second-order valence-corrected chi connectivity index (χ2v) is 11.8. The van der Waals surface area contributed by atoms with E-state index >= 15 is 0 Å². The van der Waals surface area contributed by atoms with Gasteiger partial charge in [-0.2, -0.15) is 0 Å². The average Bonchev–Trinajstić information content (AvgIpc) is 3.02. The van der Waals surface area contributed by atoms with Gasteiger partial charge in [0.25, 0.3) is 0 Å². The van der Waals surface area contributed by atoms with E-state index in [0.717, 1.165) is 49.6 Å². The fraction of sp³-hybridized carbons (Fsp3) is 0. The minimum atomic E-state index is -3.02. The SMILES string of the molecule is O=P(c1ccccc1)(c1ccccc1)c1ccc(-c2cc(-c3ccccn3)cc(-c3ccccn3)c2)cc1. The monoisotopic (exact) mass is 508 g/mol. The maximum atomic E-state index is 14.7. The molecule has 6 aromatic rings. The van der Waals surface area contributed by atoms with Crippen LogP contribution in [0.2, 0.25) is 0 Å². The number of hydrogen-bond donors (Lipinski definition) is 0. The average molecular weight is 509 g/mol. The Morgan fingerprint density at radius 1 is 0.395 bits per heavy atom. The van der Waals surface area contributed by atoms with Crippen LogP contribution in [0.4, 0.5) is 0 Å². The first kappa shape index (κ1) is 23.8. The van der Waals surface area contributed by atoms with Gasteiger partial charge in [0.2, 0.25) is 0 Å². The quantitative estimate of drug-likeness (QED) is 0.225. The summed E-state index contributed by atoms with van der Waals surface area (Å²) in [5, 5.41) is 2.46. The van der Waals surface area contributed by atoms with E-state index in [9.17, 15) is 4.57 Å². The lowest BCUT2D eigenvalue weighted by Gasteiger charge is -2.20. The van der Waals surface area contributed by atoms with Gasteiger partial charge in [0.05, 0.1) is 11.4 Å². The van der Waals surface area contributed by atoms with Crippen molar-refractivity contribution in [3.63, 3.8) is 0 Å². The van der Waals surface area contributed by atoms with Crippen molar-refractivity contribution in [2.45, 2.75) is 0 Å². The molecule has 3 nitrogen and oxygen atoms in total. The summed E-state index contributed by atoms with van der Waals surface area (Å²) in [5.41, 5.74) is 5.94. The van der Waals surface area contributed by atoms with Gasteiger partial charge in [-0.15, -0.1) is 0 Å². The summed E-state index contributed by atoms with van der Waals surface area (Å²) in [4.78, 5) is 9.15. The fourth-order valence-electron chi connectivity index (χ4n) is 4.74. The van der Waals surface area contributed by atoms with Crippen LogP contribution in [-0.2, 0) is 4.57 Å². The first-order valence-corrected chi connectivity index (χ1v) is 14.2. The number of aromatic nitrogens is 2. The van der Waals surface area contributed by atoms with Crippen LogP contribution in [0.25, 0.3) is 33.6 Å². The number of rotatable bonds is 6. The molecule has 0 amide bonds. The number of hydrogen-bond acceptors (Lipinski definition) is 3. The maximum Gasteiger partial charge on any atom is 0.171 e. The van der Waals surface area contributed by atoms with Gasteiger partial charge in [0.15, 0.2) is 7.14 Å². The van der Waals surface area contributed by atoms with Crippen molar-refractivity contribution >= 4 is 23.1 Å². The molecule has 0 aliphatic heterocycles. The first-order chi connectivity index (χ1) is 18.7. The number of pyridine rings is 2. The second kappa shape index (κ2) is 10.4. The Balaban J connectivity index is 1.47. The van der Waals surface area contributed by atoms with Crippen molar-refractivity contribution in [1.29, 1.82) is 0 Å². The standard InChI is InChI=1S/C34H25N2OP/c37-38(30-11-3-1-4-12-30,31-13-5-2-6-14-31)32-19-17-26(18-20-32)27-23-28(33-15-7-9-21-35-33)25-29(24-27)34-16-8-10-22-36-34/h1-25H. The summed E-state index contributed by atoms with van der Waals surface area (Å²) in [6.45, 7) is 0. The van der Waals surface area contributed by atoms with Gasteiger partial charge in [-0.05, 0) is 53.6 Å². The largest absolute Gasteiger partial charge is 0.309 e. The summed E-state index contributed by atoms with van der Waals surface area (Å²) in [5.74, 6) is 0. The zero-order valence-electron chi connectivity index (χ0n) is 20.7. The number of benzene rings is 4. The summed E-state index contributed by atoms with van der Waals surface area (Å²) in [7, 11) is -3.02. The smallest absolute Gasteiger partial charge is 0.171 e. The summed E-state index contributed by atoms with van der Waals surface area (Å²) >= 11 is 0. The molecule has 0 radical (unpaired) electrons. The maximum absolute atomic E-state index is 14.7. The molecule has 0 saturated carbocycles. The molecule has 0 bridgehead atoms. The topological polar surface area (TPSA) is 42.9 Å². The van der Waals surface area contributed by atoms with Gasteiger partial charge in [0.1, 0.15) is 0 Å². The molecule has 38 heavy (non-hydrogen) atoms. The minimum absolute atomic E-state index is 0.810. The summed E-state index contributed by atoms with van der Waals surface area (Å²) < 4.78 is 14.7. The minimum Gasteiger partial charge on any atom is -0.309 e. The molecule has 4 heteroatoms. The molecule has 4 aromatic carbocycles. The van der Waals surface area contributed by atoms with E-state index in [-0.39, 0.29) is 0 Å². The zero-order valence-corrected chi connectivity index (χ0v) is 21.6. The van der Waals surface area contributed by atoms with Crippen molar-refractivity contribution in [2.75, 3.05) is 0 Å². The van der Waals surface area contributed by atoms with Crippen LogP contribution in [0, 0.1) is 0 Å². The Kier molecular flexibility index (Phi) is 6.52. The Morgan fingerprint density at radius 2 is 0.816 bits per heavy atom. The van der Waals surface area contributed by atoms with Crippen LogP contribution in [0.5, 0.6) is 0 Å². The lowest BCUT2D eigenvalue weighted by atomic mass is 9.96. The molecule has 0 aliphatic carbocycles. The van der Waals surface area contributed by atoms with Gasteiger partial charge in [0, 0.05) is 39.4 Å². The molecule has 0 aliphatic rings. The lowest BCUT2D eigenvalue weighted by Crippen LogP contribution is -2.24. The second-order valence-electron chi connectivity index (χ2n) is 9.06. The Labute approximate surface area is 222 Å². The third kappa shape index (κ3) is 4.61. The van der Waals surface area contributed by atoms with E-state index in [0.29, 0.717) is 0 Å². The molecule has 0 unspecified atom stereocenters. The third-order valence-corrected chi connectivity index (χ3v) is 9.73. The van der Waals surface area contributed by atoms with Gasteiger partial charge < -0.3 is 4.57 Å². The van der Waals surface area contributed by atoms with E-state index in [1.165, 1.54) is 0 Å². The van der Waals surface area contributed by atoms with Gasteiger partial charge in [-0.1, -0.05) is 97.1 Å². The highest BCUT2D eigenvalue weighted by Gasteiger charge is 2.29. The highest BCUT2D eigenvalue weighted by molar-refractivity contribution is 7.85. The molecule has 0 fully saturated rings. The van der Waals surface area contributed by atoms with Crippen LogP contribution >= 0.6 is 7.14 Å². The fourth-order valence-corrected chi connectivity index (χ4v) is 7.39. The Morgan fingerprint density at radius 3 is 1.26 bits per heavy atom. The van der Waals surface area contributed by atoms with Crippen molar-refractivity contribution < 1.29 is 4.57 Å². The van der Waals surface area contributed by atoms with Crippen LogP contribution in [-0.4, -0.2) is 9.97 Å². The highest BCUT2D eigenvalue weighted by Crippen LogP contribution is 2.42. The molecule has 6 rings (SSSR count). The van der Waals surface area contributed by atoms with E-state index < -0.39 is 7.14 Å². The third-order valence-electron chi connectivity index (χ3n) is 6.66. The van der Waals surface area contributed by atoms with Crippen LogP contribution in [0.15, 0.2) is 152 Å². The van der Waals surface area contributed by atoms with Gasteiger partial charge in [-0.25, -0.2) is 0 Å².